The van der Waals surface area contributed by atoms with E-state index >= 15 is 0 Å². The minimum atomic E-state index is -4.08. The molecule has 1 atom stereocenters. The molecule has 1 aliphatic carbocycles. The average molecular weight is 522 g/mol. The summed E-state index contributed by atoms with van der Waals surface area (Å²) in [5.74, 6) is -0.474. The van der Waals surface area contributed by atoms with Crippen LogP contribution in [0, 0.1) is 0 Å². The molecule has 1 saturated carbocycles. The van der Waals surface area contributed by atoms with Crippen molar-refractivity contribution in [3.8, 4) is 0 Å². The highest BCUT2D eigenvalue weighted by Gasteiger charge is 2.31. The molecular formula is C24H31N3O6S2. The molecule has 2 fully saturated rings. The van der Waals surface area contributed by atoms with Crippen LogP contribution in [0.5, 0.6) is 0 Å². The molecule has 9 nitrogen and oxygen atoms in total. The maximum atomic E-state index is 13.5. The third-order valence-electron chi connectivity index (χ3n) is 6.26. The summed E-state index contributed by atoms with van der Waals surface area (Å²) in [6, 6.07) is 13.8. The Morgan fingerprint density at radius 2 is 1.54 bits per heavy atom. The number of carbonyl (C=O) groups excluding carboxylic acids is 1. The summed E-state index contributed by atoms with van der Waals surface area (Å²) < 4.78 is 61.7. The van der Waals surface area contributed by atoms with Crippen LogP contribution in [0.3, 0.4) is 0 Å². The fourth-order valence-electron chi connectivity index (χ4n) is 4.42. The largest absolute Gasteiger partial charge is 0.377 e. The highest BCUT2D eigenvalue weighted by atomic mass is 32.2. The number of benzene rings is 2. The molecule has 1 amide bonds. The van der Waals surface area contributed by atoms with Crippen molar-refractivity contribution in [2.45, 2.75) is 60.5 Å². The van der Waals surface area contributed by atoms with E-state index in [2.05, 4.69) is 10.0 Å². The van der Waals surface area contributed by atoms with Gasteiger partial charge in [0.25, 0.3) is 0 Å². The van der Waals surface area contributed by atoms with Crippen molar-refractivity contribution in [3.05, 3.63) is 54.6 Å². The van der Waals surface area contributed by atoms with Gasteiger partial charge in [0, 0.05) is 24.9 Å². The lowest BCUT2D eigenvalue weighted by atomic mass is 10.2. The second kappa shape index (κ2) is 11.2. The van der Waals surface area contributed by atoms with Crippen molar-refractivity contribution in [2.24, 2.45) is 0 Å². The molecule has 190 valence electrons. The molecule has 2 aromatic carbocycles. The molecule has 1 heterocycles. The number of rotatable bonds is 10. The first-order chi connectivity index (χ1) is 16.7. The van der Waals surface area contributed by atoms with Crippen LogP contribution >= 0.6 is 0 Å². The van der Waals surface area contributed by atoms with E-state index < -0.39 is 26.0 Å². The zero-order valence-electron chi connectivity index (χ0n) is 19.4. The SMILES string of the molecule is O=C(CN(C[C@H]1CCCO1)S(=O)(=O)c1ccc(S(=O)(=O)NC2CCCC2)cc1)Nc1ccccc1. The third kappa shape index (κ3) is 6.68. The topological polar surface area (TPSA) is 122 Å². The van der Waals surface area contributed by atoms with Gasteiger partial charge in [-0.2, -0.15) is 4.31 Å². The van der Waals surface area contributed by atoms with Crippen LogP contribution in [0.25, 0.3) is 0 Å². The quantitative estimate of drug-likeness (QED) is 0.496. The standard InChI is InChI=1S/C24H31N3O6S2/c28-24(25-19-7-2-1-3-8-19)18-27(17-21-11-6-16-33-21)35(31,32)23-14-12-22(13-15-23)34(29,30)26-20-9-4-5-10-20/h1-3,7-8,12-15,20-21,26H,4-6,9-11,16-18H2,(H,25,28)/t21-/m1/s1. The number of nitrogens with one attached hydrogen (secondary N) is 2. The molecule has 0 unspecified atom stereocenters. The molecule has 11 heteroatoms. The number of hydrogen-bond donors (Lipinski definition) is 2. The lowest BCUT2D eigenvalue weighted by Crippen LogP contribution is -2.42. The van der Waals surface area contributed by atoms with Crippen LogP contribution < -0.4 is 10.0 Å². The summed E-state index contributed by atoms with van der Waals surface area (Å²) in [7, 11) is -7.82. The van der Waals surface area contributed by atoms with Gasteiger partial charge in [-0.05, 0) is 62.1 Å². The second-order valence-corrected chi connectivity index (χ2v) is 12.6. The molecule has 1 saturated heterocycles. The number of sulfonamides is 2. The predicted octanol–water partition coefficient (Wildman–Crippen LogP) is 2.72. The third-order valence-corrected chi connectivity index (χ3v) is 9.62. The van der Waals surface area contributed by atoms with Gasteiger partial charge in [-0.3, -0.25) is 4.79 Å². The average Bonchev–Trinajstić information content (AvgIpc) is 3.53. The van der Waals surface area contributed by atoms with Crippen LogP contribution in [-0.4, -0.2) is 58.9 Å². The number of ether oxygens (including phenoxy) is 1. The van der Waals surface area contributed by atoms with E-state index in [1.807, 2.05) is 6.07 Å². The fraction of sp³-hybridized carbons (Fsp3) is 0.458. The van der Waals surface area contributed by atoms with Crippen molar-refractivity contribution >= 4 is 31.6 Å². The summed E-state index contributed by atoms with van der Waals surface area (Å²) >= 11 is 0. The monoisotopic (exact) mass is 521 g/mol. The molecule has 2 aromatic rings. The van der Waals surface area contributed by atoms with Gasteiger partial charge in [-0.15, -0.1) is 0 Å². The lowest BCUT2D eigenvalue weighted by Gasteiger charge is -2.24. The summed E-state index contributed by atoms with van der Waals surface area (Å²) in [5.41, 5.74) is 0.566. The highest BCUT2D eigenvalue weighted by Crippen LogP contribution is 2.24. The van der Waals surface area contributed by atoms with E-state index in [9.17, 15) is 21.6 Å². The van der Waals surface area contributed by atoms with Gasteiger partial charge in [-0.25, -0.2) is 21.6 Å². The molecule has 2 N–H and O–H groups in total. The molecule has 1 aliphatic heterocycles. The Balaban J connectivity index is 1.51. The summed E-state index contributed by atoms with van der Waals surface area (Å²) in [4.78, 5) is 12.6. The van der Waals surface area contributed by atoms with E-state index in [1.54, 1.807) is 24.3 Å². The Kier molecular flexibility index (Phi) is 8.23. The number of carbonyl (C=O) groups is 1. The van der Waals surface area contributed by atoms with Gasteiger partial charge >= 0.3 is 0 Å². The molecule has 0 bridgehead atoms. The van der Waals surface area contributed by atoms with Crippen LogP contribution in [0.15, 0.2) is 64.4 Å². The number of nitrogens with zero attached hydrogens (tertiary/aromatic N) is 1. The number of para-hydroxylation sites is 1. The maximum absolute atomic E-state index is 13.5. The Labute approximate surface area is 207 Å². The van der Waals surface area contributed by atoms with Crippen LogP contribution in [-0.2, 0) is 29.6 Å². The van der Waals surface area contributed by atoms with Crippen LogP contribution in [0.1, 0.15) is 38.5 Å². The summed E-state index contributed by atoms with van der Waals surface area (Å²) in [6.07, 6.45) is 4.81. The Hall–Kier alpha value is -2.31. The first-order valence-corrected chi connectivity index (χ1v) is 14.8. The van der Waals surface area contributed by atoms with Gasteiger partial charge in [0.2, 0.25) is 26.0 Å². The van der Waals surface area contributed by atoms with Gasteiger partial charge in [0.05, 0.1) is 22.4 Å². The normalized spacial score (nSPS) is 19.3. The molecule has 35 heavy (non-hydrogen) atoms. The zero-order valence-corrected chi connectivity index (χ0v) is 21.1. The van der Waals surface area contributed by atoms with Crippen LogP contribution in [0.2, 0.25) is 0 Å². The van der Waals surface area contributed by atoms with Crippen LogP contribution in [0.4, 0.5) is 5.69 Å². The van der Waals surface area contributed by atoms with Crippen molar-refractivity contribution in [2.75, 3.05) is 25.0 Å². The van der Waals surface area contributed by atoms with Gasteiger partial charge in [0.1, 0.15) is 0 Å². The van der Waals surface area contributed by atoms with Crippen molar-refractivity contribution in [3.63, 3.8) is 0 Å². The smallest absolute Gasteiger partial charge is 0.243 e. The Morgan fingerprint density at radius 1 is 0.886 bits per heavy atom. The number of anilines is 1. The maximum Gasteiger partial charge on any atom is 0.243 e. The zero-order chi connectivity index (χ0) is 24.9. The van der Waals surface area contributed by atoms with Gasteiger partial charge in [-0.1, -0.05) is 31.0 Å². The highest BCUT2D eigenvalue weighted by molar-refractivity contribution is 7.89. The van der Waals surface area contributed by atoms with E-state index in [0.29, 0.717) is 18.7 Å². The number of hydrogen-bond acceptors (Lipinski definition) is 6. The minimum Gasteiger partial charge on any atom is -0.377 e. The molecule has 4 rings (SSSR count). The van der Waals surface area contributed by atoms with Gasteiger partial charge in [0.15, 0.2) is 0 Å². The van der Waals surface area contributed by atoms with E-state index in [-0.39, 0.29) is 35.0 Å². The first kappa shape index (κ1) is 25.8. The van der Waals surface area contributed by atoms with E-state index in [4.69, 9.17) is 4.74 Å². The van der Waals surface area contributed by atoms with E-state index in [0.717, 1.165) is 36.4 Å². The van der Waals surface area contributed by atoms with Gasteiger partial charge < -0.3 is 10.1 Å². The summed E-state index contributed by atoms with van der Waals surface area (Å²) in [6.45, 7) is 0.198. The lowest BCUT2D eigenvalue weighted by molar-refractivity contribution is -0.116. The number of amides is 1. The van der Waals surface area contributed by atoms with E-state index in [1.165, 1.54) is 24.3 Å². The predicted molar refractivity (Wildman–Crippen MR) is 132 cm³/mol. The Bertz CT molecular complexity index is 1210. The molecule has 0 radical (unpaired) electrons. The molecule has 0 spiro atoms. The molecular weight excluding hydrogens is 490 g/mol. The second-order valence-electron chi connectivity index (χ2n) is 8.92. The molecule has 0 aromatic heterocycles. The van der Waals surface area contributed by atoms with Crippen molar-refractivity contribution < 1.29 is 26.4 Å². The first-order valence-electron chi connectivity index (χ1n) is 11.8. The van der Waals surface area contributed by atoms with Crippen molar-refractivity contribution in [1.29, 1.82) is 0 Å². The minimum absolute atomic E-state index is 0.0100. The Morgan fingerprint density at radius 3 is 2.17 bits per heavy atom. The summed E-state index contributed by atoms with van der Waals surface area (Å²) in [5, 5.41) is 2.71. The fourth-order valence-corrected chi connectivity index (χ4v) is 7.15. The molecule has 2 aliphatic rings. The van der Waals surface area contributed by atoms with Crippen molar-refractivity contribution in [1.82, 2.24) is 9.03 Å².